The van der Waals surface area contributed by atoms with Gasteiger partial charge >= 0.3 is 0 Å². The lowest BCUT2D eigenvalue weighted by atomic mass is 10.2. The predicted octanol–water partition coefficient (Wildman–Crippen LogP) is 3.72. The second kappa shape index (κ2) is 6.05. The number of hydrogen-bond donors (Lipinski definition) is 1. The minimum atomic E-state index is 0.277. The van der Waals surface area contributed by atoms with Crippen LogP contribution in [0.3, 0.4) is 0 Å². The number of aromatic amines is 1. The van der Waals surface area contributed by atoms with Crippen LogP contribution >= 0.6 is 11.8 Å². The molecule has 0 amide bonds. The van der Waals surface area contributed by atoms with Crippen LogP contribution in [0.4, 0.5) is 0 Å². The molecule has 0 aliphatic carbocycles. The Hall–Kier alpha value is -1.29. The summed E-state index contributed by atoms with van der Waals surface area (Å²) in [6.45, 7) is 3.73. The second-order valence-corrected chi connectivity index (χ2v) is 5.65. The summed E-state index contributed by atoms with van der Waals surface area (Å²) in [5.41, 5.74) is 3.36. The number of hydrogen-bond acceptors (Lipinski definition) is 3. The molecule has 0 saturated carbocycles. The zero-order chi connectivity index (χ0) is 13.0. The van der Waals surface area contributed by atoms with E-state index in [2.05, 4.69) is 29.0 Å². The number of ketones is 1. The molecule has 4 heteroatoms. The maximum absolute atomic E-state index is 10.8. The monoisotopic (exact) mass is 262 g/mol. The topological polar surface area (TPSA) is 45.8 Å². The molecule has 0 spiro atoms. The molecule has 3 nitrogen and oxygen atoms in total. The Morgan fingerprint density at radius 3 is 3.00 bits per heavy atom. The zero-order valence-corrected chi connectivity index (χ0v) is 11.6. The molecule has 0 saturated heterocycles. The lowest BCUT2D eigenvalue weighted by Crippen LogP contribution is -1.90. The van der Waals surface area contributed by atoms with E-state index in [-0.39, 0.29) is 5.78 Å². The van der Waals surface area contributed by atoms with Crippen LogP contribution in [0.1, 0.15) is 31.7 Å². The highest BCUT2D eigenvalue weighted by atomic mass is 32.2. The molecule has 1 N–H and O–H groups in total. The van der Waals surface area contributed by atoms with Gasteiger partial charge in [-0.25, -0.2) is 4.98 Å². The summed E-state index contributed by atoms with van der Waals surface area (Å²) in [4.78, 5) is 18.6. The smallest absolute Gasteiger partial charge is 0.166 e. The van der Waals surface area contributed by atoms with Crippen molar-refractivity contribution in [2.24, 2.45) is 0 Å². The first-order valence-electron chi connectivity index (χ1n) is 6.24. The van der Waals surface area contributed by atoms with E-state index in [9.17, 15) is 4.79 Å². The molecule has 2 rings (SSSR count). The van der Waals surface area contributed by atoms with Crippen molar-refractivity contribution in [1.29, 1.82) is 0 Å². The first-order chi connectivity index (χ1) is 8.65. The molecular weight excluding hydrogens is 244 g/mol. The van der Waals surface area contributed by atoms with Crippen LogP contribution in [0.15, 0.2) is 23.4 Å². The summed E-state index contributed by atoms with van der Waals surface area (Å²) < 4.78 is 0. The fourth-order valence-electron chi connectivity index (χ4n) is 1.81. The number of nitrogens with one attached hydrogen (secondary N) is 1. The SMILES string of the molecule is CC(=O)CCCCSc1nc2ccc(C)cc2[nH]1. The predicted molar refractivity (Wildman–Crippen MR) is 76.1 cm³/mol. The molecule has 1 heterocycles. The van der Waals surface area contributed by atoms with E-state index in [1.54, 1.807) is 18.7 Å². The van der Waals surface area contributed by atoms with Crippen molar-refractivity contribution in [2.45, 2.75) is 38.3 Å². The molecule has 2 aromatic rings. The second-order valence-electron chi connectivity index (χ2n) is 4.57. The largest absolute Gasteiger partial charge is 0.333 e. The van der Waals surface area contributed by atoms with Crippen molar-refractivity contribution < 1.29 is 4.79 Å². The minimum Gasteiger partial charge on any atom is -0.333 e. The van der Waals surface area contributed by atoms with Gasteiger partial charge in [0.05, 0.1) is 11.0 Å². The van der Waals surface area contributed by atoms with Crippen molar-refractivity contribution in [3.05, 3.63) is 23.8 Å². The standard InChI is InChI=1S/C14H18N2OS/c1-10-6-7-12-13(9-10)16-14(15-12)18-8-4-3-5-11(2)17/h6-7,9H,3-5,8H2,1-2H3,(H,15,16). The van der Waals surface area contributed by atoms with Gasteiger partial charge in [0.25, 0.3) is 0 Å². The zero-order valence-electron chi connectivity index (χ0n) is 10.8. The summed E-state index contributed by atoms with van der Waals surface area (Å²) in [6.07, 6.45) is 2.72. The van der Waals surface area contributed by atoms with Crippen LogP contribution in [0, 0.1) is 6.92 Å². The van der Waals surface area contributed by atoms with Crippen LogP contribution in [-0.2, 0) is 4.79 Å². The fraction of sp³-hybridized carbons (Fsp3) is 0.429. The van der Waals surface area contributed by atoms with Crippen molar-refractivity contribution in [3.8, 4) is 0 Å². The fourth-order valence-corrected chi connectivity index (χ4v) is 2.70. The number of imidazole rings is 1. The molecule has 0 radical (unpaired) electrons. The number of nitrogens with zero attached hydrogens (tertiary/aromatic N) is 1. The average Bonchev–Trinajstić information content (AvgIpc) is 2.70. The first-order valence-corrected chi connectivity index (χ1v) is 7.22. The molecule has 0 unspecified atom stereocenters. The van der Waals surface area contributed by atoms with Crippen LogP contribution in [0.5, 0.6) is 0 Å². The number of fused-ring (bicyclic) bond motifs is 1. The number of rotatable bonds is 6. The summed E-state index contributed by atoms with van der Waals surface area (Å²) >= 11 is 1.73. The van der Waals surface area contributed by atoms with E-state index >= 15 is 0 Å². The van der Waals surface area contributed by atoms with E-state index in [1.807, 2.05) is 6.07 Å². The average molecular weight is 262 g/mol. The minimum absolute atomic E-state index is 0.277. The number of aryl methyl sites for hydroxylation is 1. The van der Waals surface area contributed by atoms with E-state index in [0.717, 1.165) is 34.8 Å². The Labute approximate surface area is 111 Å². The third-order valence-electron chi connectivity index (χ3n) is 2.78. The Morgan fingerprint density at radius 2 is 2.22 bits per heavy atom. The van der Waals surface area contributed by atoms with Gasteiger partial charge < -0.3 is 9.78 Å². The van der Waals surface area contributed by atoms with Gasteiger partial charge in [-0.05, 0) is 44.4 Å². The lowest BCUT2D eigenvalue weighted by Gasteiger charge is -1.97. The van der Waals surface area contributed by atoms with E-state index in [4.69, 9.17) is 0 Å². The normalized spacial score (nSPS) is 11.0. The molecule has 0 bridgehead atoms. The van der Waals surface area contributed by atoms with Crippen molar-refractivity contribution in [3.63, 3.8) is 0 Å². The molecule has 1 aromatic carbocycles. The van der Waals surface area contributed by atoms with Crippen molar-refractivity contribution in [1.82, 2.24) is 9.97 Å². The van der Waals surface area contributed by atoms with Gasteiger partial charge in [-0.3, -0.25) is 0 Å². The quantitative estimate of drug-likeness (QED) is 0.637. The van der Waals surface area contributed by atoms with Gasteiger partial charge in [-0.15, -0.1) is 0 Å². The maximum atomic E-state index is 10.8. The molecule has 96 valence electrons. The van der Waals surface area contributed by atoms with Gasteiger partial charge in [-0.2, -0.15) is 0 Å². The number of H-pyrrole nitrogens is 1. The third kappa shape index (κ3) is 3.60. The molecular formula is C14H18N2OS. The molecule has 1 aromatic heterocycles. The van der Waals surface area contributed by atoms with Gasteiger partial charge in [0.15, 0.2) is 5.16 Å². The number of carbonyl (C=O) groups is 1. The summed E-state index contributed by atoms with van der Waals surface area (Å²) in [7, 11) is 0. The highest BCUT2D eigenvalue weighted by molar-refractivity contribution is 7.99. The first kappa shape index (κ1) is 13.1. The van der Waals surface area contributed by atoms with Crippen LogP contribution in [0.2, 0.25) is 0 Å². The Morgan fingerprint density at radius 1 is 1.39 bits per heavy atom. The van der Waals surface area contributed by atoms with E-state index in [0.29, 0.717) is 6.42 Å². The highest BCUT2D eigenvalue weighted by Gasteiger charge is 2.03. The summed E-state index contributed by atoms with van der Waals surface area (Å²) in [6, 6.07) is 6.23. The number of Topliss-reactive ketones (excluding diaryl/α,β-unsaturated/α-hetero) is 1. The third-order valence-corrected chi connectivity index (χ3v) is 3.74. The van der Waals surface area contributed by atoms with Crippen molar-refractivity contribution >= 4 is 28.6 Å². The van der Waals surface area contributed by atoms with Gasteiger partial charge in [0.1, 0.15) is 5.78 Å². The van der Waals surface area contributed by atoms with Crippen LogP contribution in [0.25, 0.3) is 11.0 Å². The van der Waals surface area contributed by atoms with E-state index < -0.39 is 0 Å². The molecule has 0 fully saturated rings. The number of carbonyl (C=O) groups excluding carboxylic acids is 1. The number of unbranched alkanes of at least 4 members (excludes halogenated alkanes) is 1. The number of benzene rings is 1. The lowest BCUT2D eigenvalue weighted by molar-refractivity contribution is -0.117. The Balaban J connectivity index is 1.86. The number of aromatic nitrogens is 2. The Kier molecular flexibility index (Phi) is 4.42. The van der Waals surface area contributed by atoms with Gasteiger partial charge in [-0.1, -0.05) is 17.8 Å². The van der Waals surface area contributed by atoms with Crippen LogP contribution < -0.4 is 0 Å². The maximum Gasteiger partial charge on any atom is 0.166 e. The summed E-state index contributed by atoms with van der Waals surface area (Å²) in [5.74, 6) is 1.28. The molecule has 0 atom stereocenters. The summed E-state index contributed by atoms with van der Waals surface area (Å²) in [5, 5.41) is 0.971. The Bertz CT molecular complexity index is 548. The highest BCUT2D eigenvalue weighted by Crippen LogP contribution is 2.21. The molecule has 0 aliphatic rings. The van der Waals surface area contributed by atoms with Crippen molar-refractivity contribution in [2.75, 3.05) is 5.75 Å². The molecule has 18 heavy (non-hydrogen) atoms. The molecule has 0 aliphatic heterocycles. The van der Waals surface area contributed by atoms with Gasteiger partial charge in [0, 0.05) is 12.2 Å². The van der Waals surface area contributed by atoms with E-state index in [1.165, 1.54) is 5.56 Å². The van der Waals surface area contributed by atoms with Crippen LogP contribution in [-0.4, -0.2) is 21.5 Å². The van der Waals surface area contributed by atoms with Gasteiger partial charge in [0.2, 0.25) is 0 Å². The number of thioether (sulfide) groups is 1.